The molecule has 0 radical (unpaired) electrons. The minimum Gasteiger partial charge on any atom is -0.394 e. The molecule has 0 saturated heterocycles. The predicted octanol–water partition coefficient (Wildman–Crippen LogP) is 0.190. The number of hydrogen-bond donors (Lipinski definition) is 2. The van der Waals surface area contributed by atoms with Gasteiger partial charge in [0.15, 0.2) is 0 Å². The van der Waals surface area contributed by atoms with Crippen LogP contribution in [0.25, 0.3) is 0 Å². The summed E-state index contributed by atoms with van der Waals surface area (Å²) < 4.78 is 56.5. The summed E-state index contributed by atoms with van der Waals surface area (Å²) in [6.45, 7) is -3.51. The third-order valence-electron chi connectivity index (χ3n) is 1.09. The first-order valence-corrected chi connectivity index (χ1v) is 3.62. The fraction of sp³-hybridized carbons (Fsp3) is 1.00. The van der Waals surface area contributed by atoms with E-state index >= 15 is 0 Å². The molecular formula is C6H10F4O4. The first-order chi connectivity index (χ1) is 6.37. The molecule has 0 spiro atoms. The summed E-state index contributed by atoms with van der Waals surface area (Å²) in [5.74, 6) is 0. The Morgan fingerprint density at radius 1 is 0.786 bits per heavy atom. The zero-order valence-electron chi connectivity index (χ0n) is 7.05. The molecule has 14 heavy (non-hydrogen) atoms. The van der Waals surface area contributed by atoms with Crippen molar-refractivity contribution in [3.05, 3.63) is 0 Å². The number of aliphatic hydroxyl groups is 2. The Hall–Kier alpha value is -0.440. The van der Waals surface area contributed by atoms with Gasteiger partial charge in [-0.3, -0.25) is 0 Å². The zero-order valence-corrected chi connectivity index (χ0v) is 7.05. The van der Waals surface area contributed by atoms with E-state index in [0.717, 1.165) is 0 Å². The number of rotatable bonds is 7. The molecule has 4 nitrogen and oxygen atoms in total. The van der Waals surface area contributed by atoms with Gasteiger partial charge in [-0.25, -0.2) is 0 Å². The lowest BCUT2D eigenvalue weighted by Gasteiger charge is -2.24. The van der Waals surface area contributed by atoms with E-state index in [0.29, 0.717) is 0 Å². The van der Waals surface area contributed by atoms with E-state index in [1.807, 2.05) is 0 Å². The fourth-order valence-electron chi connectivity index (χ4n) is 0.516. The second-order valence-corrected chi connectivity index (χ2v) is 2.18. The number of alkyl halides is 4. The monoisotopic (exact) mass is 222 g/mol. The zero-order chi connectivity index (χ0) is 11.2. The van der Waals surface area contributed by atoms with E-state index in [9.17, 15) is 17.6 Å². The normalized spacial score (nSPS) is 13.3. The molecule has 0 heterocycles. The van der Waals surface area contributed by atoms with Crippen LogP contribution in [-0.4, -0.2) is 48.9 Å². The van der Waals surface area contributed by atoms with Gasteiger partial charge in [0, 0.05) is 0 Å². The summed E-state index contributed by atoms with van der Waals surface area (Å²) in [6.07, 6.45) is -9.66. The van der Waals surface area contributed by atoms with Gasteiger partial charge in [0.1, 0.15) is 0 Å². The Labute approximate surface area is 77.0 Å². The van der Waals surface area contributed by atoms with Crippen molar-refractivity contribution >= 4 is 0 Å². The largest absolute Gasteiger partial charge is 0.448 e. The van der Waals surface area contributed by atoms with Gasteiger partial charge in [-0.05, 0) is 0 Å². The second kappa shape index (κ2) is 5.44. The highest BCUT2D eigenvalue weighted by atomic mass is 19.3. The molecule has 0 rings (SSSR count). The molecule has 0 aliphatic rings. The van der Waals surface area contributed by atoms with Crippen LogP contribution in [-0.2, 0) is 9.47 Å². The van der Waals surface area contributed by atoms with Crippen molar-refractivity contribution in [3.8, 4) is 0 Å². The third kappa shape index (κ3) is 3.74. The lowest BCUT2D eigenvalue weighted by Crippen LogP contribution is -2.46. The van der Waals surface area contributed by atoms with E-state index in [-0.39, 0.29) is 0 Å². The van der Waals surface area contributed by atoms with Gasteiger partial charge >= 0.3 is 12.2 Å². The molecule has 0 aliphatic carbocycles. The Bertz CT molecular complexity index is 146. The van der Waals surface area contributed by atoms with Crippen molar-refractivity contribution in [1.29, 1.82) is 0 Å². The number of ether oxygens (including phenoxy) is 2. The van der Waals surface area contributed by atoms with Gasteiger partial charge in [0.25, 0.3) is 0 Å². The molecular weight excluding hydrogens is 212 g/mol. The van der Waals surface area contributed by atoms with E-state index in [4.69, 9.17) is 10.2 Å². The Balaban J connectivity index is 4.20. The molecule has 0 aromatic rings. The molecule has 0 atom stereocenters. The molecule has 0 aromatic carbocycles. The van der Waals surface area contributed by atoms with Crippen molar-refractivity contribution in [2.24, 2.45) is 0 Å². The van der Waals surface area contributed by atoms with E-state index < -0.39 is 38.6 Å². The maximum Gasteiger partial charge on any atom is 0.448 e. The van der Waals surface area contributed by atoms with Gasteiger partial charge in [-0.15, -0.1) is 0 Å². The van der Waals surface area contributed by atoms with Crippen molar-refractivity contribution in [3.63, 3.8) is 0 Å². The third-order valence-corrected chi connectivity index (χ3v) is 1.09. The topological polar surface area (TPSA) is 58.9 Å². The Morgan fingerprint density at radius 3 is 1.29 bits per heavy atom. The Kier molecular flexibility index (Phi) is 5.27. The van der Waals surface area contributed by atoms with Crippen LogP contribution in [0.2, 0.25) is 0 Å². The average molecular weight is 222 g/mol. The maximum absolute atomic E-state index is 12.4. The first-order valence-electron chi connectivity index (χ1n) is 3.62. The smallest absolute Gasteiger partial charge is 0.394 e. The van der Waals surface area contributed by atoms with Gasteiger partial charge in [0.2, 0.25) is 0 Å². The molecule has 0 bridgehead atoms. The molecule has 8 heteroatoms. The molecule has 0 fully saturated rings. The molecule has 0 aromatic heterocycles. The summed E-state index contributed by atoms with van der Waals surface area (Å²) in [7, 11) is 0. The molecule has 0 amide bonds. The highest BCUT2D eigenvalue weighted by Gasteiger charge is 2.59. The van der Waals surface area contributed by atoms with Crippen LogP contribution in [0.5, 0.6) is 0 Å². The number of hydrogen-bond acceptors (Lipinski definition) is 4. The van der Waals surface area contributed by atoms with Gasteiger partial charge < -0.3 is 19.7 Å². The summed E-state index contributed by atoms with van der Waals surface area (Å²) in [6, 6.07) is 0. The standard InChI is InChI=1S/C6H10F4O4/c7-5(8,13-3-1-11)6(9,10)14-4-2-12/h11-12H,1-4H2. The highest BCUT2D eigenvalue weighted by molar-refractivity contribution is 4.66. The van der Waals surface area contributed by atoms with Crippen LogP contribution in [0, 0.1) is 0 Å². The van der Waals surface area contributed by atoms with Gasteiger partial charge in [-0.1, -0.05) is 0 Å². The van der Waals surface area contributed by atoms with Crippen LogP contribution < -0.4 is 0 Å². The van der Waals surface area contributed by atoms with Crippen LogP contribution in [0.1, 0.15) is 0 Å². The Morgan fingerprint density at radius 2 is 1.07 bits per heavy atom. The SMILES string of the molecule is OCCOC(F)(F)C(F)(F)OCCO. The number of aliphatic hydroxyl groups excluding tert-OH is 2. The van der Waals surface area contributed by atoms with E-state index in [1.165, 1.54) is 0 Å². The lowest BCUT2D eigenvalue weighted by molar-refractivity contribution is -0.431. The van der Waals surface area contributed by atoms with Gasteiger partial charge in [0.05, 0.1) is 26.4 Å². The fourth-order valence-corrected chi connectivity index (χ4v) is 0.516. The minimum absolute atomic E-state index is 0.814. The van der Waals surface area contributed by atoms with Crippen molar-refractivity contribution in [2.75, 3.05) is 26.4 Å². The summed E-state index contributed by atoms with van der Waals surface area (Å²) >= 11 is 0. The molecule has 0 unspecified atom stereocenters. The number of halogens is 4. The predicted molar refractivity (Wildman–Crippen MR) is 36.0 cm³/mol. The minimum atomic E-state index is -4.83. The second-order valence-electron chi connectivity index (χ2n) is 2.18. The van der Waals surface area contributed by atoms with Crippen molar-refractivity contribution in [1.82, 2.24) is 0 Å². The average Bonchev–Trinajstić information content (AvgIpc) is 2.11. The quantitative estimate of drug-likeness (QED) is 0.604. The van der Waals surface area contributed by atoms with Gasteiger partial charge in [-0.2, -0.15) is 17.6 Å². The lowest BCUT2D eigenvalue weighted by atomic mass is 10.5. The van der Waals surface area contributed by atoms with Crippen LogP contribution in [0.15, 0.2) is 0 Å². The van der Waals surface area contributed by atoms with E-state index in [2.05, 4.69) is 9.47 Å². The highest BCUT2D eigenvalue weighted by Crippen LogP contribution is 2.35. The molecule has 0 saturated carbocycles. The summed E-state index contributed by atoms with van der Waals surface area (Å²) in [5, 5.41) is 16.2. The maximum atomic E-state index is 12.4. The van der Waals surface area contributed by atoms with Crippen molar-refractivity contribution < 1.29 is 37.2 Å². The van der Waals surface area contributed by atoms with E-state index in [1.54, 1.807) is 0 Å². The van der Waals surface area contributed by atoms with Crippen LogP contribution in [0.3, 0.4) is 0 Å². The summed E-state index contributed by atoms with van der Waals surface area (Å²) in [4.78, 5) is 0. The van der Waals surface area contributed by atoms with Crippen molar-refractivity contribution in [2.45, 2.75) is 12.2 Å². The first kappa shape index (κ1) is 13.6. The molecule has 0 aliphatic heterocycles. The van der Waals surface area contributed by atoms with Crippen LogP contribution in [0.4, 0.5) is 17.6 Å². The molecule has 2 N–H and O–H groups in total. The van der Waals surface area contributed by atoms with Crippen LogP contribution >= 0.6 is 0 Å². The summed E-state index contributed by atoms with van der Waals surface area (Å²) in [5.41, 5.74) is 0. The molecule has 86 valence electrons.